The number of carbonyl (C=O) groups is 1. The molecular formula is C16H28N4OS. The standard InChI is InChI=1S/C16H28N4OS/c1-4-10-20-11-6-5-7-14(20)15(21)17-9-8-13-12-22-16(18-13)19(2)3/h12,14H,4-11H2,1-3H3,(H,17,21)/t14-/m0/s1. The quantitative estimate of drug-likeness (QED) is 0.835. The molecule has 2 rings (SSSR count). The van der Waals surface area contributed by atoms with E-state index < -0.39 is 0 Å². The number of hydrogen-bond donors (Lipinski definition) is 1. The summed E-state index contributed by atoms with van der Waals surface area (Å²) in [5.74, 6) is 0.191. The van der Waals surface area contributed by atoms with Gasteiger partial charge in [0.25, 0.3) is 0 Å². The molecule has 5 nitrogen and oxygen atoms in total. The van der Waals surface area contributed by atoms with E-state index in [9.17, 15) is 4.79 Å². The fraction of sp³-hybridized carbons (Fsp3) is 0.750. The maximum atomic E-state index is 12.4. The van der Waals surface area contributed by atoms with Crippen LogP contribution >= 0.6 is 11.3 Å². The van der Waals surface area contributed by atoms with Gasteiger partial charge >= 0.3 is 0 Å². The molecule has 0 saturated carbocycles. The lowest BCUT2D eigenvalue weighted by Gasteiger charge is -2.34. The smallest absolute Gasteiger partial charge is 0.237 e. The molecule has 0 radical (unpaired) electrons. The number of hydrogen-bond acceptors (Lipinski definition) is 5. The van der Waals surface area contributed by atoms with E-state index in [1.807, 2.05) is 19.0 Å². The van der Waals surface area contributed by atoms with Gasteiger partial charge in [0, 0.05) is 32.4 Å². The lowest BCUT2D eigenvalue weighted by Crippen LogP contribution is -2.50. The molecule has 1 aromatic heterocycles. The number of nitrogens with one attached hydrogen (secondary N) is 1. The highest BCUT2D eigenvalue weighted by Gasteiger charge is 2.27. The molecule has 2 heterocycles. The van der Waals surface area contributed by atoms with Crippen molar-refractivity contribution in [3.63, 3.8) is 0 Å². The summed E-state index contributed by atoms with van der Waals surface area (Å²) in [6.45, 7) is 4.93. The minimum absolute atomic E-state index is 0.0708. The van der Waals surface area contributed by atoms with Crippen molar-refractivity contribution >= 4 is 22.4 Å². The van der Waals surface area contributed by atoms with Crippen molar-refractivity contribution in [1.29, 1.82) is 0 Å². The summed E-state index contributed by atoms with van der Waals surface area (Å²) in [5, 5.41) is 6.19. The highest BCUT2D eigenvalue weighted by Crippen LogP contribution is 2.19. The summed E-state index contributed by atoms with van der Waals surface area (Å²) in [7, 11) is 3.99. The van der Waals surface area contributed by atoms with Crippen LogP contribution in [-0.4, -0.2) is 55.6 Å². The monoisotopic (exact) mass is 324 g/mol. The van der Waals surface area contributed by atoms with Gasteiger partial charge in [0.2, 0.25) is 5.91 Å². The molecule has 1 atom stereocenters. The van der Waals surface area contributed by atoms with Crippen LogP contribution in [0, 0.1) is 0 Å². The SMILES string of the molecule is CCCN1CCCC[C@H]1C(=O)NCCc1csc(N(C)C)n1. The average Bonchev–Trinajstić information content (AvgIpc) is 2.97. The average molecular weight is 324 g/mol. The summed E-state index contributed by atoms with van der Waals surface area (Å²) in [6, 6.07) is 0.0708. The molecule has 0 aromatic carbocycles. The molecule has 6 heteroatoms. The molecule has 1 N–H and O–H groups in total. The number of thiazole rings is 1. The second kappa shape index (κ2) is 8.48. The van der Waals surface area contributed by atoms with Crippen molar-refractivity contribution in [3.8, 4) is 0 Å². The molecule has 1 saturated heterocycles. The van der Waals surface area contributed by atoms with Crippen molar-refractivity contribution in [2.75, 3.05) is 38.6 Å². The van der Waals surface area contributed by atoms with E-state index in [-0.39, 0.29) is 11.9 Å². The number of likely N-dealkylation sites (tertiary alicyclic amines) is 1. The van der Waals surface area contributed by atoms with Gasteiger partial charge < -0.3 is 10.2 Å². The highest BCUT2D eigenvalue weighted by atomic mass is 32.1. The number of piperidine rings is 1. The van der Waals surface area contributed by atoms with Crippen molar-refractivity contribution in [2.24, 2.45) is 0 Å². The Morgan fingerprint density at radius 3 is 3.00 bits per heavy atom. The number of amides is 1. The van der Waals surface area contributed by atoms with E-state index in [1.54, 1.807) is 11.3 Å². The minimum Gasteiger partial charge on any atom is -0.354 e. The Morgan fingerprint density at radius 2 is 2.32 bits per heavy atom. The van der Waals surface area contributed by atoms with Gasteiger partial charge in [-0.2, -0.15) is 0 Å². The summed E-state index contributed by atoms with van der Waals surface area (Å²) in [6.07, 6.45) is 5.28. The third kappa shape index (κ3) is 4.68. The third-order valence-corrected chi connectivity index (χ3v) is 5.09. The zero-order valence-corrected chi connectivity index (χ0v) is 14.8. The van der Waals surface area contributed by atoms with Gasteiger partial charge in [-0.3, -0.25) is 9.69 Å². The number of aromatic nitrogens is 1. The van der Waals surface area contributed by atoms with Gasteiger partial charge in [0.15, 0.2) is 5.13 Å². The lowest BCUT2D eigenvalue weighted by molar-refractivity contribution is -0.127. The first-order valence-electron chi connectivity index (χ1n) is 8.25. The molecule has 0 aliphatic carbocycles. The third-order valence-electron chi connectivity index (χ3n) is 4.03. The predicted octanol–water partition coefficient (Wildman–Crippen LogP) is 2.13. The predicted molar refractivity (Wildman–Crippen MR) is 92.7 cm³/mol. The molecule has 0 spiro atoms. The molecule has 0 unspecified atom stereocenters. The van der Waals surface area contributed by atoms with Crippen LogP contribution < -0.4 is 10.2 Å². The number of nitrogens with zero attached hydrogens (tertiary/aromatic N) is 3. The van der Waals surface area contributed by atoms with Gasteiger partial charge in [-0.15, -0.1) is 11.3 Å². The van der Waals surface area contributed by atoms with Crippen molar-refractivity contribution in [3.05, 3.63) is 11.1 Å². The van der Waals surface area contributed by atoms with Gasteiger partial charge in [-0.1, -0.05) is 13.3 Å². The van der Waals surface area contributed by atoms with E-state index in [4.69, 9.17) is 0 Å². The number of rotatable bonds is 7. The number of carbonyl (C=O) groups excluding carboxylic acids is 1. The zero-order valence-electron chi connectivity index (χ0n) is 14.0. The molecule has 124 valence electrons. The fourth-order valence-electron chi connectivity index (χ4n) is 2.89. The van der Waals surface area contributed by atoms with Crippen LogP contribution in [0.1, 0.15) is 38.3 Å². The van der Waals surface area contributed by atoms with E-state index in [0.29, 0.717) is 6.54 Å². The van der Waals surface area contributed by atoms with Crippen molar-refractivity contribution < 1.29 is 4.79 Å². The Bertz CT molecular complexity index is 472. The highest BCUT2D eigenvalue weighted by molar-refractivity contribution is 7.13. The maximum Gasteiger partial charge on any atom is 0.237 e. The molecule has 1 aliphatic heterocycles. The molecule has 1 aromatic rings. The Labute approximate surface area is 137 Å². The van der Waals surface area contributed by atoms with Crippen LogP contribution in [0.3, 0.4) is 0 Å². The van der Waals surface area contributed by atoms with Crippen molar-refractivity contribution in [2.45, 2.75) is 45.1 Å². The van der Waals surface area contributed by atoms with Gasteiger partial charge in [-0.05, 0) is 32.4 Å². The van der Waals surface area contributed by atoms with Crippen LogP contribution in [0.5, 0.6) is 0 Å². The lowest BCUT2D eigenvalue weighted by atomic mass is 10.0. The second-order valence-electron chi connectivity index (χ2n) is 6.10. The Morgan fingerprint density at radius 1 is 1.50 bits per heavy atom. The molecule has 1 aliphatic rings. The van der Waals surface area contributed by atoms with E-state index in [1.165, 1.54) is 6.42 Å². The maximum absolute atomic E-state index is 12.4. The second-order valence-corrected chi connectivity index (χ2v) is 6.94. The van der Waals surface area contributed by atoms with Crippen LogP contribution in [-0.2, 0) is 11.2 Å². The molecule has 1 fully saturated rings. The Hall–Kier alpha value is -1.14. The first kappa shape index (κ1) is 17.2. The summed E-state index contributed by atoms with van der Waals surface area (Å²) < 4.78 is 0. The van der Waals surface area contributed by atoms with Crippen molar-refractivity contribution in [1.82, 2.24) is 15.2 Å². The fourth-order valence-corrected chi connectivity index (χ4v) is 3.68. The largest absolute Gasteiger partial charge is 0.354 e. The Kier molecular flexibility index (Phi) is 6.64. The van der Waals surface area contributed by atoms with Crippen LogP contribution in [0.25, 0.3) is 0 Å². The number of anilines is 1. The van der Waals surface area contributed by atoms with E-state index in [2.05, 4.69) is 27.5 Å². The molecular weight excluding hydrogens is 296 g/mol. The van der Waals surface area contributed by atoms with E-state index in [0.717, 1.165) is 49.6 Å². The summed E-state index contributed by atoms with van der Waals surface area (Å²) in [4.78, 5) is 21.3. The normalized spacial score (nSPS) is 19.1. The first-order valence-corrected chi connectivity index (χ1v) is 9.13. The first-order chi connectivity index (χ1) is 10.6. The van der Waals surface area contributed by atoms with Gasteiger partial charge in [-0.25, -0.2) is 4.98 Å². The Balaban J connectivity index is 1.78. The zero-order chi connectivity index (χ0) is 15.9. The molecule has 22 heavy (non-hydrogen) atoms. The van der Waals surface area contributed by atoms with Crippen LogP contribution in [0.15, 0.2) is 5.38 Å². The topological polar surface area (TPSA) is 48.5 Å². The summed E-state index contributed by atoms with van der Waals surface area (Å²) in [5.41, 5.74) is 1.06. The van der Waals surface area contributed by atoms with Gasteiger partial charge in [0.05, 0.1) is 11.7 Å². The minimum atomic E-state index is 0.0708. The van der Waals surface area contributed by atoms with E-state index >= 15 is 0 Å². The van der Waals surface area contributed by atoms with Gasteiger partial charge in [0.1, 0.15) is 0 Å². The molecule has 0 bridgehead atoms. The molecule has 1 amide bonds. The van der Waals surface area contributed by atoms with Crippen LogP contribution in [0.2, 0.25) is 0 Å². The van der Waals surface area contributed by atoms with Crippen LogP contribution in [0.4, 0.5) is 5.13 Å². The summed E-state index contributed by atoms with van der Waals surface area (Å²) >= 11 is 1.65.